The van der Waals surface area contributed by atoms with E-state index in [9.17, 15) is 43.1 Å². The van der Waals surface area contributed by atoms with Gasteiger partial charge in [0.25, 0.3) is 11.8 Å². The fourth-order valence-electron chi connectivity index (χ4n) is 20.4. The normalized spacial score (nSPS) is 12.0. The standard InChI is InChI=1S/C65H127FN4O5.C60H119FN4O3/c1-8-12-16-20-24-28-36-44-53-67(54-45-37-29-25-21-17-13-9-2)61(71)50-42-34-32-40-48-57-69(63(73)60(66)52-59-70(64(74)75)65(5,6)7)58-49-41-33-35-43-51-62(72)68(55-46-38-30-26-22-18-14-10-3)56-47-39-31-27-23-19-15-11-4;1-5-9-13-17-21-25-33-41-51-63(52-42-34-26-22-18-14-10-6-2)58(66)47-39-31-29-37-45-55-65(60(68)57(61)49-50-62)56-46-38-30-32-40-48-59(67)64(53-43-35-27-23-19-15-11-7-3)54-44-36-28-24-20-16-12-8-4/h60H,8-59H2,1-7H3,(H,74,75);57H,5-56,62H2,1-4H3. The molecule has 0 aliphatic rings. The molecular weight excluding hydrogens is 1780 g/mol. The van der Waals surface area contributed by atoms with Gasteiger partial charge in [-0.05, 0) is 136 Å². The van der Waals surface area contributed by atoms with Crippen LogP contribution in [0.4, 0.5) is 13.6 Å². The second-order valence-corrected chi connectivity index (χ2v) is 44.9. The summed E-state index contributed by atoms with van der Waals surface area (Å²) < 4.78 is 30.5. The molecule has 0 aliphatic carbocycles. The third-order valence-electron chi connectivity index (χ3n) is 30.2. The zero-order chi connectivity index (χ0) is 105. The lowest BCUT2D eigenvalue weighted by Crippen LogP contribution is -2.47. The van der Waals surface area contributed by atoms with Gasteiger partial charge in [0.1, 0.15) is 0 Å². The van der Waals surface area contributed by atoms with Crippen LogP contribution in [0.1, 0.15) is 654 Å². The van der Waals surface area contributed by atoms with Crippen molar-refractivity contribution in [3.05, 3.63) is 0 Å². The van der Waals surface area contributed by atoms with Crippen molar-refractivity contribution in [1.82, 2.24) is 34.3 Å². The van der Waals surface area contributed by atoms with Gasteiger partial charge in [0.2, 0.25) is 23.6 Å². The average Bonchev–Trinajstić information content (AvgIpc) is 0.857. The fourth-order valence-corrected chi connectivity index (χ4v) is 20.4. The van der Waals surface area contributed by atoms with E-state index in [4.69, 9.17) is 5.73 Å². The van der Waals surface area contributed by atoms with Crippen molar-refractivity contribution in [3.8, 4) is 0 Å². The van der Waals surface area contributed by atoms with Gasteiger partial charge < -0.3 is 45.1 Å². The number of amides is 7. The van der Waals surface area contributed by atoms with Gasteiger partial charge in [0.05, 0.1) is 0 Å². The fraction of sp³-hybridized carbons (Fsp3) is 0.944. The quantitative estimate of drug-likeness (QED) is 0.0559. The number of hydrogen-bond donors (Lipinski definition) is 2. The molecule has 0 heterocycles. The van der Waals surface area contributed by atoms with Crippen molar-refractivity contribution in [2.24, 2.45) is 5.73 Å². The number of alkyl halides is 2. The van der Waals surface area contributed by atoms with Gasteiger partial charge in [0.15, 0.2) is 12.3 Å². The second kappa shape index (κ2) is 109. The SMILES string of the molecule is CCCCCCCCCCN(CCCCCCCCCC)C(=O)CCCCCCCN(CCCCCCCC(=O)N(CCCCCCCCCC)CCCCCCCCCC)C(=O)C(F)CCN.CCCCCCCCCCN(CCCCCCCCCC)C(=O)CCCCCCCN(CCCCCCCC(=O)N(CCCCCCCCCC)CCCCCCCCCC)C(=O)C(F)CCN(C(=O)O)C(C)(C)C. The van der Waals surface area contributed by atoms with E-state index in [1.165, 1.54) is 364 Å². The molecule has 0 aromatic heterocycles. The lowest BCUT2D eigenvalue weighted by molar-refractivity contribution is -0.137. The highest BCUT2D eigenvalue weighted by molar-refractivity contribution is 5.81. The van der Waals surface area contributed by atoms with Crippen LogP contribution in [0.15, 0.2) is 0 Å². The largest absolute Gasteiger partial charge is 0.465 e. The van der Waals surface area contributed by atoms with Crippen molar-refractivity contribution >= 4 is 41.5 Å². The van der Waals surface area contributed by atoms with E-state index in [2.05, 4.69) is 75.0 Å². The number of halogens is 2. The Balaban J connectivity index is 0. The number of carbonyl (C=O) groups excluding carboxylic acids is 6. The van der Waals surface area contributed by atoms with E-state index in [0.29, 0.717) is 75.5 Å². The van der Waals surface area contributed by atoms with Crippen LogP contribution in [0.2, 0.25) is 0 Å². The summed E-state index contributed by atoms with van der Waals surface area (Å²) >= 11 is 0. The summed E-state index contributed by atoms with van der Waals surface area (Å²) in [5, 5.41) is 9.78. The Morgan fingerprint density at radius 3 is 0.476 bits per heavy atom. The van der Waals surface area contributed by atoms with Gasteiger partial charge in [-0.1, -0.05) is 492 Å². The van der Waals surface area contributed by atoms with Gasteiger partial charge in [-0.3, -0.25) is 28.8 Å². The Morgan fingerprint density at radius 1 is 0.203 bits per heavy atom. The predicted octanol–water partition coefficient (Wildman–Crippen LogP) is 36.6. The number of nitrogens with zero attached hydrogens (tertiary/aromatic N) is 7. The highest BCUT2D eigenvalue weighted by Gasteiger charge is 2.31. The maximum absolute atomic E-state index is 15.7. The minimum atomic E-state index is -1.76. The van der Waals surface area contributed by atoms with Crippen LogP contribution in [0.5, 0.6) is 0 Å². The van der Waals surface area contributed by atoms with Gasteiger partial charge in [0, 0.05) is 123 Å². The van der Waals surface area contributed by atoms with Crippen LogP contribution in [0.25, 0.3) is 0 Å². The third kappa shape index (κ3) is 92.5. The molecule has 848 valence electrons. The Labute approximate surface area is 887 Å². The van der Waals surface area contributed by atoms with Gasteiger partial charge in [-0.25, -0.2) is 13.6 Å². The topological polar surface area (TPSA) is 188 Å². The Hall–Kier alpha value is -4.09. The summed E-state index contributed by atoms with van der Waals surface area (Å²) in [4.78, 5) is 106. The molecule has 0 saturated heterocycles. The second-order valence-electron chi connectivity index (χ2n) is 44.9. The molecule has 2 unspecified atom stereocenters. The molecule has 18 heteroatoms. The lowest BCUT2D eigenvalue weighted by Gasteiger charge is -2.33. The van der Waals surface area contributed by atoms with Gasteiger partial charge in [-0.15, -0.1) is 0 Å². The zero-order valence-electron chi connectivity index (χ0n) is 97.5. The smallest absolute Gasteiger partial charge is 0.407 e. The molecule has 2 atom stereocenters. The predicted molar refractivity (Wildman–Crippen MR) is 614 cm³/mol. The van der Waals surface area contributed by atoms with Crippen molar-refractivity contribution in [1.29, 1.82) is 0 Å². The summed E-state index contributed by atoms with van der Waals surface area (Å²) in [5.74, 6) is 0.323. The number of unbranched alkanes of at least 4 members (excludes halogenated alkanes) is 72. The van der Waals surface area contributed by atoms with Crippen LogP contribution < -0.4 is 5.73 Å². The Morgan fingerprint density at radius 2 is 0.336 bits per heavy atom. The monoisotopic (exact) mass is 2030 g/mol. The summed E-state index contributed by atoms with van der Waals surface area (Å²) in [6, 6.07) is 0. The highest BCUT2D eigenvalue weighted by Crippen LogP contribution is 2.25. The first kappa shape index (κ1) is 141. The number of carbonyl (C=O) groups is 7. The molecule has 0 aromatic carbocycles. The minimum Gasteiger partial charge on any atom is -0.465 e. The average molecular weight is 2030 g/mol. The highest BCUT2D eigenvalue weighted by atomic mass is 19.1. The molecule has 0 rings (SSSR count). The van der Waals surface area contributed by atoms with E-state index in [-0.39, 0.29) is 25.9 Å². The van der Waals surface area contributed by atoms with Crippen molar-refractivity contribution in [3.63, 3.8) is 0 Å². The maximum atomic E-state index is 15.7. The zero-order valence-corrected chi connectivity index (χ0v) is 97.5. The summed E-state index contributed by atoms with van der Waals surface area (Å²) in [6.45, 7) is 32.9. The van der Waals surface area contributed by atoms with Crippen LogP contribution >= 0.6 is 0 Å². The van der Waals surface area contributed by atoms with Crippen molar-refractivity contribution in [2.75, 3.05) is 91.6 Å². The number of rotatable bonds is 111. The van der Waals surface area contributed by atoms with E-state index < -0.39 is 35.8 Å². The van der Waals surface area contributed by atoms with E-state index in [0.717, 1.165) is 232 Å². The molecule has 0 radical (unpaired) electrons. The van der Waals surface area contributed by atoms with E-state index in [1.807, 2.05) is 0 Å². The number of hydrogen-bond acceptors (Lipinski definition) is 8. The third-order valence-corrected chi connectivity index (χ3v) is 30.2. The Bertz CT molecular complexity index is 2520. The van der Waals surface area contributed by atoms with Crippen molar-refractivity contribution < 1.29 is 47.4 Å². The molecule has 0 fully saturated rings. The Kier molecular flexibility index (Phi) is 108. The van der Waals surface area contributed by atoms with Crippen LogP contribution in [-0.2, 0) is 28.8 Å². The van der Waals surface area contributed by atoms with Crippen LogP contribution in [0.3, 0.4) is 0 Å². The lowest BCUT2D eigenvalue weighted by atomic mass is 10.1. The number of carboxylic acid groups (broad SMARTS) is 1. The molecule has 16 nitrogen and oxygen atoms in total. The summed E-state index contributed by atoms with van der Waals surface area (Å²) in [5.41, 5.74) is 4.94. The molecule has 0 aliphatic heterocycles. The first-order valence-electron chi connectivity index (χ1n) is 63.4. The van der Waals surface area contributed by atoms with Gasteiger partial charge in [-0.2, -0.15) is 0 Å². The maximum Gasteiger partial charge on any atom is 0.407 e. The first-order valence-corrected chi connectivity index (χ1v) is 63.4. The van der Waals surface area contributed by atoms with E-state index in [1.54, 1.807) is 30.6 Å². The minimum absolute atomic E-state index is 0.0393. The molecule has 0 bridgehead atoms. The van der Waals surface area contributed by atoms with Gasteiger partial charge >= 0.3 is 6.09 Å². The summed E-state index contributed by atoms with van der Waals surface area (Å²) in [7, 11) is 0. The first-order chi connectivity index (χ1) is 69.7. The van der Waals surface area contributed by atoms with Crippen LogP contribution in [-0.4, -0.2) is 190 Å². The molecular formula is C125H246F2N8O8. The molecule has 0 spiro atoms. The van der Waals surface area contributed by atoms with E-state index >= 15 is 4.39 Å². The molecule has 0 aromatic rings. The van der Waals surface area contributed by atoms with Crippen LogP contribution in [0, 0.1) is 0 Å². The molecule has 7 amide bonds. The molecule has 3 N–H and O–H groups in total. The molecule has 143 heavy (non-hydrogen) atoms. The summed E-state index contributed by atoms with van der Waals surface area (Å²) in [6.07, 6.45) is 98.2. The number of nitrogens with two attached hydrogens (primary N) is 1. The molecule has 0 saturated carbocycles. The van der Waals surface area contributed by atoms with Crippen molar-refractivity contribution in [2.45, 2.75) is 672 Å².